The lowest BCUT2D eigenvalue weighted by atomic mass is 9.83. The van der Waals surface area contributed by atoms with Crippen LogP contribution in [0.15, 0.2) is 127 Å². The Labute approximate surface area is 189 Å². The van der Waals surface area contributed by atoms with Crippen LogP contribution in [0.3, 0.4) is 0 Å². The van der Waals surface area contributed by atoms with Crippen LogP contribution in [0.5, 0.6) is 5.75 Å². The molecule has 1 heteroatoms. The Hall–Kier alpha value is -4.10. The van der Waals surface area contributed by atoms with E-state index >= 15 is 0 Å². The zero-order valence-corrected chi connectivity index (χ0v) is 18.0. The second-order valence-electron chi connectivity index (χ2n) is 7.74. The van der Waals surface area contributed by atoms with E-state index in [4.69, 9.17) is 4.74 Å². The van der Waals surface area contributed by atoms with Gasteiger partial charge in [0.25, 0.3) is 0 Å². The van der Waals surface area contributed by atoms with Gasteiger partial charge in [-0.05, 0) is 56.6 Å². The fourth-order valence-electron chi connectivity index (χ4n) is 4.28. The van der Waals surface area contributed by atoms with Crippen molar-refractivity contribution in [3.8, 4) is 50.3 Å². The topological polar surface area (TPSA) is 9.23 Å². The molecule has 0 fully saturated rings. The lowest BCUT2D eigenvalue weighted by Gasteiger charge is -2.21. The normalized spacial score (nSPS) is 10.7. The molecule has 0 heterocycles. The second-order valence-corrected chi connectivity index (χ2v) is 7.74. The quantitative estimate of drug-likeness (QED) is 0.282. The van der Waals surface area contributed by atoms with Crippen LogP contribution >= 0.6 is 0 Å². The Kier molecular flexibility index (Phi) is 5.55. The van der Waals surface area contributed by atoms with Gasteiger partial charge in [0.15, 0.2) is 0 Å². The maximum Gasteiger partial charge on any atom is 0.118 e. The van der Waals surface area contributed by atoms with E-state index in [0.29, 0.717) is 0 Å². The van der Waals surface area contributed by atoms with Crippen LogP contribution in [0, 0.1) is 0 Å². The van der Waals surface area contributed by atoms with Gasteiger partial charge in [0, 0.05) is 0 Å². The van der Waals surface area contributed by atoms with E-state index in [1.807, 2.05) is 12.1 Å². The highest BCUT2D eigenvalue weighted by molar-refractivity contribution is 6.01. The van der Waals surface area contributed by atoms with Crippen LogP contribution in [0.25, 0.3) is 44.5 Å². The van der Waals surface area contributed by atoms with Gasteiger partial charge in [0.2, 0.25) is 0 Å². The Bertz CT molecular complexity index is 1310. The van der Waals surface area contributed by atoms with E-state index in [9.17, 15) is 0 Å². The molecule has 0 atom stereocenters. The van der Waals surface area contributed by atoms with Gasteiger partial charge < -0.3 is 4.74 Å². The minimum Gasteiger partial charge on any atom is -0.497 e. The molecule has 154 valence electrons. The van der Waals surface area contributed by atoms with Crippen molar-refractivity contribution in [2.75, 3.05) is 7.11 Å². The van der Waals surface area contributed by atoms with Crippen molar-refractivity contribution >= 4 is 0 Å². The van der Waals surface area contributed by atoms with Crippen molar-refractivity contribution in [3.63, 3.8) is 0 Å². The van der Waals surface area contributed by atoms with Gasteiger partial charge in [-0.1, -0.05) is 115 Å². The van der Waals surface area contributed by atoms with Crippen LogP contribution in [-0.4, -0.2) is 7.11 Å². The van der Waals surface area contributed by atoms with E-state index in [1.54, 1.807) is 7.11 Å². The van der Waals surface area contributed by atoms with Crippen LogP contribution in [0.1, 0.15) is 0 Å². The first-order valence-corrected chi connectivity index (χ1v) is 10.8. The van der Waals surface area contributed by atoms with Crippen LogP contribution < -0.4 is 4.74 Å². The molecule has 0 saturated carbocycles. The predicted octanol–water partition coefficient (Wildman–Crippen LogP) is 8.36. The summed E-state index contributed by atoms with van der Waals surface area (Å²) in [5.74, 6) is 0.857. The summed E-state index contributed by atoms with van der Waals surface area (Å²) in [6.07, 6.45) is 0. The number of hydrogen-bond acceptors (Lipinski definition) is 1. The zero-order valence-electron chi connectivity index (χ0n) is 18.0. The van der Waals surface area contributed by atoms with Gasteiger partial charge in [0.05, 0.1) is 7.11 Å². The molecule has 0 bridgehead atoms. The fourth-order valence-corrected chi connectivity index (χ4v) is 4.28. The molecule has 32 heavy (non-hydrogen) atoms. The van der Waals surface area contributed by atoms with Crippen LogP contribution in [-0.2, 0) is 0 Å². The van der Waals surface area contributed by atoms with Gasteiger partial charge in [-0.2, -0.15) is 0 Å². The summed E-state index contributed by atoms with van der Waals surface area (Å²) in [7, 11) is 1.70. The summed E-state index contributed by atoms with van der Waals surface area (Å²) in [4.78, 5) is 0. The average Bonchev–Trinajstić information content (AvgIpc) is 2.89. The van der Waals surface area contributed by atoms with Crippen LogP contribution in [0.4, 0.5) is 0 Å². The molecule has 0 aromatic heterocycles. The molecule has 0 aliphatic carbocycles. The molecular formula is C31H24O. The number of methoxy groups -OCH3 is 1. The monoisotopic (exact) mass is 412 g/mol. The largest absolute Gasteiger partial charge is 0.497 e. The molecule has 0 amide bonds. The minimum atomic E-state index is 0.857. The number of benzene rings is 5. The van der Waals surface area contributed by atoms with Gasteiger partial charge in [-0.25, -0.2) is 0 Å². The fraction of sp³-hybridized carbons (Fsp3) is 0.0323. The number of hydrogen-bond donors (Lipinski definition) is 0. The van der Waals surface area contributed by atoms with Gasteiger partial charge in [-0.15, -0.1) is 0 Å². The summed E-state index contributed by atoms with van der Waals surface area (Å²) in [6, 6.07) is 44.8. The Morgan fingerprint density at radius 2 is 0.750 bits per heavy atom. The zero-order chi connectivity index (χ0) is 21.8. The van der Waals surface area contributed by atoms with E-state index in [2.05, 4.69) is 115 Å². The summed E-state index contributed by atoms with van der Waals surface area (Å²) >= 11 is 0. The van der Waals surface area contributed by atoms with Crippen LogP contribution in [0.2, 0.25) is 0 Å². The number of ether oxygens (including phenoxy) is 1. The first-order chi connectivity index (χ1) is 15.8. The molecule has 0 aliphatic heterocycles. The third kappa shape index (κ3) is 3.81. The second kappa shape index (κ2) is 8.95. The standard InChI is InChI=1S/C31H24O/c1-32-27-19-17-26(18-20-27)31-29(24-13-7-3-8-14-24)22-21-28(23-11-5-2-6-12-23)30(31)25-15-9-4-10-16-25/h2-22H,1H3. The van der Waals surface area contributed by atoms with Crippen molar-refractivity contribution in [2.24, 2.45) is 0 Å². The molecule has 0 spiro atoms. The molecule has 5 rings (SSSR count). The van der Waals surface area contributed by atoms with E-state index in [0.717, 1.165) is 5.75 Å². The first kappa shape index (κ1) is 19.8. The highest BCUT2D eigenvalue weighted by Gasteiger charge is 2.19. The summed E-state index contributed by atoms with van der Waals surface area (Å²) in [6.45, 7) is 0. The van der Waals surface area contributed by atoms with Crippen molar-refractivity contribution in [2.45, 2.75) is 0 Å². The van der Waals surface area contributed by atoms with E-state index in [1.165, 1.54) is 44.5 Å². The first-order valence-electron chi connectivity index (χ1n) is 10.8. The Morgan fingerprint density at radius 3 is 1.16 bits per heavy atom. The minimum absolute atomic E-state index is 0.857. The smallest absolute Gasteiger partial charge is 0.118 e. The molecule has 5 aromatic rings. The predicted molar refractivity (Wildman–Crippen MR) is 135 cm³/mol. The summed E-state index contributed by atoms with van der Waals surface area (Å²) < 4.78 is 5.43. The maximum absolute atomic E-state index is 5.43. The van der Waals surface area contributed by atoms with Gasteiger partial charge >= 0.3 is 0 Å². The summed E-state index contributed by atoms with van der Waals surface area (Å²) in [5.41, 5.74) is 9.69. The summed E-state index contributed by atoms with van der Waals surface area (Å²) in [5, 5.41) is 0. The van der Waals surface area contributed by atoms with Crippen molar-refractivity contribution in [1.29, 1.82) is 0 Å². The Morgan fingerprint density at radius 1 is 0.375 bits per heavy atom. The van der Waals surface area contributed by atoms with Crippen molar-refractivity contribution in [1.82, 2.24) is 0 Å². The average molecular weight is 413 g/mol. The molecule has 0 aliphatic rings. The van der Waals surface area contributed by atoms with Gasteiger partial charge in [0.1, 0.15) is 5.75 Å². The Balaban J connectivity index is 1.88. The maximum atomic E-state index is 5.43. The van der Waals surface area contributed by atoms with Gasteiger partial charge in [-0.3, -0.25) is 0 Å². The molecule has 5 aromatic carbocycles. The molecule has 1 nitrogen and oxygen atoms in total. The highest BCUT2D eigenvalue weighted by atomic mass is 16.5. The number of rotatable bonds is 5. The SMILES string of the molecule is COc1ccc(-c2c(-c3ccccc3)ccc(-c3ccccc3)c2-c2ccccc2)cc1. The van der Waals surface area contributed by atoms with E-state index in [-0.39, 0.29) is 0 Å². The third-order valence-electron chi connectivity index (χ3n) is 5.82. The third-order valence-corrected chi connectivity index (χ3v) is 5.82. The molecule has 0 saturated heterocycles. The molecular weight excluding hydrogens is 388 g/mol. The molecule has 0 unspecified atom stereocenters. The molecule has 0 radical (unpaired) electrons. The lowest BCUT2D eigenvalue weighted by Crippen LogP contribution is -1.94. The van der Waals surface area contributed by atoms with Crippen molar-refractivity contribution in [3.05, 3.63) is 127 Å². The highest BCUT2D eigenvalue weighted by Crippen LogP contribution is 2.45. The lowest BCUT2D eigenvalue weighted by molar-refractivity contribution is 0.415. The van der Waals surface area contributed by atoms with Crippen molar-refractivity contribution < 1.29 is 4.74 Å². The molecule has 0 N–H and O–H groups in total. The van der Waals surface area contributed by atoms with E-state index < -0.39 is 0 Å².